The molecule has 5 heteroatoms. The largest absolute Gasteiger partial charge is 0.385 e. The molecule has 4 N–H and O–H groups in total. The molecule has 0 fully saturated rings. The maximum absolute atomic E-state index is 11.6. The Kier molecular flexibility index (Phi) is 6.69. The molecule has 0 heterocycles. The van der Waals surface area contributed by atoms with Gasteiger partial charge < -0.3 is 15.8 Å². The van der Waals surface area contributed by atoms with Crippen molar-refractivity contribution in [2.75, 3.05) is 30.5 Å². The first-order chi connectivity index (χ1) is 8.22. The van der Waals surface area contributed by atoms with Crippen molar-refractivity contribution < 1.29 is 15.3 Å². The van der Waals surface area contributed by atoms with E-state index in [1.165, 1.54) is 0 Å². The number of benzene rings is 1. The van der Waals surface area contributed by atoms with E-state index in [0.717, 1.165) is 30.2 Å². The first-order valence-corrected chi connectivity index (χ1v) is 6.66. The van der Waals surface area contributed by atoms with Gasteiger partial charge in [-0.2, -0.15) is 11.8 Å². The van der Waals surface area contributed by atoms with Crippen LogP contribution in [0.25, 0.3) is 0 Å². The summed E-state index contributed by atoms with van der Waals surface area (Å²) < 4.78 is 4.94. The summed E-state index contributed by atoms with van der Waals surface area (Å²) in [4.78, 5) is 11.6. The minimum absolute atomic E-state index is 0.0259. The van der Waals surface area contributed by atoms with E-state index in [1.54, 1.807) is 18.9 Å². The summed E-state index contributed by atoms with van der Waals surface area (Å²) in [7, 11) is 1.68. The zero-order valence-electron chi connectivity index (χ0n) is 10.1. The molecule has 0 bridgehead atoms. The van der Waals surface area contributed by atoms with Crippen molar-refractivity contribution in [2.45, 2.75) is 6.42 Å². The molecule has 17 heavy (non-hydrogen) atoms. The topological polar surface area (TPSA) is 66.0 Å². The van der Waals surface area contributed by atoms with Crippen molar-refractivity contribution >= 4 is 29.0 Å². The molecular weight excluding hydrogens is 236 g/mol. The molecule has 0 saturated heterocycles. The van der Waals surface area contributed by atoms with Gasteiger partial charge in [-0.15, -0.1) is 0 Å². The van der Waals surface area contributed by atoms with Crippen molar-refractivity contribution in [1.29, 1.82) is 0 Å². The molecule has 0 aromatic heterocycles. The molecule has 0 aliphatic rings. The van der Waals surface area contributed by atoms with Gasteiger partial charge in [-0.1, -0.05) is 6.07 Å². The first-order valence-electron chi connectivity index (χ1n) is 5.51. The maximum atomic E-state index is 11.6. The van der Waals surface area contributed by atoms with E-state index in [9.17, 15) is 4.79 Å². The monoisotopic (exact) mass is 255 g/mol. The molecule has 0 aliphatic heterocycles. The van der Waals surface area contributed by atoms with Gasteiger partial charge >= 0.3 is 0 Å². The molecular formula is C12H19N2O2S+. The molecule has 0 saturated carbocycles. The quantitative estimate of drug-likeness (QED) is 0.721. The number of thioether (sulfide) groups is 1. The van der Waals surface area contributed by atoms with Crippen molar-refractivity contribution in [2.24, 2.45) is 0 Å². The third kappa shape index (κ3) is 6.31. The van der Waals surface area contributed by atoms with Crippen molar-refractivity contribution in [1.82, 2.24) is 0 Å². The highest BCUT2D eigenvalue weighted by molar-refractivity contribution is 7.99. The van der Waals surface area contributed by atoms with E-state index in [-0.39, 0.29) is 5.91 Å². The number of hydrogen-bond acceptors (Lipinski definition) is 3. The Bertz CT molecular complexity index is 358. The van der Waals surface area contributed by atoms with Crippen LogP contribution in [0, 0.1) is 0 Å². The Morgan fingerprint density at radius 2 is 2.35 bits per heavy atom. The van der Waals surface area contributed by atoms with Crippen molar-refractivity contribution in [3.63, 3.8) is 0 Å². The third-order valence-electron chi connectivity index (χ3n) is 2.08. The van der Waals surface area contributed by atoms with E-state index in [2.05, 4.69) is 11.1 Å². The van der Waals surface area contributed by atoms with Crippen LogP contribution in [-0.4, -0.2) is 31.1 Å². The van der Waals surface area contributed by atoms with Crippen LogP contribution in [-0.2, 0) is 9.53 Å². The van der Waals surface area contributed by atoms with Gasteiger partial charge in [0.05, 0.1) is 5.75 Å². The number of nitrogens with one attached hydrogen (secondary N) is 1. The number of quaternary nitrogens is 1. The van der Waals surface area contributed by atoms with Gasteiger partial charge in [0.15, 0.2) is 0 Å². The van der Waals surface area contributed by atoms with Crippen LogP contribution >= 0.6 is 11.8 Å². The number of methoxy groups -OCH3 is 1. The molecule has 1 rings (SSSR count). The van der Waals surface area contributed by atoms with E-state index < -0.39 is 0 Å². The third-order valence-corrected chi connectivity index (χ3v) is 3.12. The Balaban J connectivity index is 2.21. The SMILES string of the molecule is COCCCSCC(=O)Nc1cccc([NH3+])c1. The second-order valence-corrected chi connectivity index (χ2v) is 4.75. The lowest BCUT2D eigenvalue weighted by molar-refractivity contribution is -0.254. The van der Waals surface area contributed by atoms with Gasteiger partial charge in [-0.3, -0.25) is 4.79 Å². The summed E-state index contributed by atoms with van der Waals surface area (Å²) >= 11 is 1.62. The van der Waals surface area contributed by atoms with Gasteiger partial charge in [0.2, 0.25) is 5.91 Å². The minimum Gasteiger partial charge on any atom is -0.385 e. The number of ether oxygens (including phenoxy) is 1. The van der Waals surface area contributed by atoms with Gasteiger partial charge in [-0.05, 0) is 24.3 Å². The van der Waals surface area contributed by atoms with Crippen LogP contribution in [0.4, 0.5) is 11.4 Å². The highest BCUT2D eigenvalue weighted by atomic mass is 32.2. The van der Waals surface area contributed by atoms with Crippen molar-refractivity contribution in [3.05, 3.63) is 24.3 Å². The summed E-state index contributed by atoms with van der Waals surface area (Å²) in [6.45, 7) is 0.748. The Labute approximate surface area is 106 Å². The fourth-order valence-corrected chi connectivity index (χ4v) is 2.04. The zero-order chi connectivity index (χ0) is 12.5. The molecule has 94 valence electrons. The van der Waals surface area contributed by atoms with Gasteiger partial charge in [0, 0.05) is 25.5 Å². The lowest BCUT2D eigenvalue weighted by atomic mass is 10.3. The summed E-state index contributed by atoms with van der Waals surface area (Å²) in [6, 6.07) is 7.49. The summed E-state index contributed by atoms with van der Waals surface area (Å²) in [6.07, 6.45) is 0.975. The standard InChI is InChI=1S/C12H18N2O2S/c1-16-6-3-7-17-9-12(15)14-11-5-2-4-10(13)8-11/h2,4-5,8H,3,6-7,9,13H2,1H3,(H,14,15)/p+1. The number of carbonyl (C=O) groups excluding carboxylic acids is 1. The zero-order valence-corrected chi connectivity index (χ0v) is 10.9. The second-order valence-electron chi connectivity index (χ2n) is 3.65. The van der Waals surface area contributed by atoms with E-state index >= 15 is 0 Å². The average Bonchev–Trinajstić information content (AvgIpc) is 2.29. The Morgan fingerprint density at radius 3 is 3.06 bits per heavy atom. The molecule has 0 unspecified atom stereocenters. The van der Waals surface area contributed by atoms with Gasteiger partial charge in [0.1, 0.15) is 5.69 Å². The molecule has 1 aromatic rings. The molecule has 4 nitrogen and oxygen atoms in total. The molecule has 1 amide bonds. The van der Waals surface area contributed by atoms with Crippen LogP contribution in [0.3, 0.4) is 0 Å². The van der Waals surface area contributed by atoms with Crippen LogP contribution in [0.2, 0.25) is 0 Å². The predicted molar refractivity (Wildman–Crippen MR) is 71.4 cm³/mol. The lowest BCUT2D eigenvalue weighted by Crippen LogP contribution is -2.40. The molecule has 0 aliphatic carbocycles. The Hall–Kier alpha value is -1.04. The summed E-state index contributed by atoms with van der Waals surface area (Å²) in [5, 5.41) is 2.84. The molecule has 0 atom stereocenters. The number of carbonyl (C=O) groups is 1. The highest BCUT2D eigenvalue weighted by Crippen LogP contribution is 2.11. The molecule has 0 spiro atoms. The smallest absolute Gasteiger partial charge is 0.234 e. The second kappa shape index (κ2) is 8.11. The van der Waals surface area contributed by atoms with Crippen LogP contribution < -0.4 is 11.1 Å². The highest BCUT2D eigenvalue weighted by Gasteiger charge is 2.03. The fraction of sp³-hybridized carbons (Fsp3) is 0.417. The van der Waals surface area contributed by atoms with Crippen LogP contribution in [0.5, 0.6) is 0 Å². The average molecular weight is 255 g/mol. The summed E-state index contributed by atoms with van der Waals surface area (Å²) in [5.41, 5.74) is 5.52. The first kappa shape index (κ1) is 14.0. The van der Waals surface area contributed by atoms with Crippen LogP contribution in [0.15, 0.2) is 24.3 Å². The van der Waals surface area contributed by atoms with E-state index in [0.29, 0.717) is 5.75 Å². The molecule has 1 aromatic carbocycles. The number of anilines is 1. The number of amides is 1. The normalized spacial score (nSPS) is 10.2. The summed E-state index contributed by atoms with van der Waals surface area (Å²) in [5.74, 6) is 1.44. The molecule has 0 radical (unpaired) electrons. The van der Waals surface area contributed by atoms with Crippen molar-refractivity contribution in [3.8, 4) is 0 Å². The Morgan fingerprint density at radius 1 is 1.53 bits per heavy atom. The minimum atomic E-state index is 0.0259. The number of hydrogen-bond donors (Lipinski definition) is 2. The van der Waals surface area contributed by atoms with Gasteiger partial charge in [0.25, 0.3) is 0 Å². The maximum Gasteiger partial charge on any atom is 0.234 e. The number of rotatable bonds is 7. The van der Waals surface area contributed by atoms with Crippen LogP contribution in [0.1, 0.15) is 6.42 Å². The lowest BCUT2D eigenvalue weighted by Gasteiger charge is -2.04. The van der Waals surface area contributed by atoms with E-state index in [1.807, 2.05) is 24.3 Å². The van der Waals surface area contributed by atoms with Gasteiger partial charge in [-0.25, -0.2) is 0 Å². The predicted octanol–water partition coefficient (Wildman–Crippen LogP) is 1.27. The fourth-order valence-electron chi connectivity index (χ4n) is 1.32. The van der Waals surface area contributed by atoms with E-state index in [4.69, 9.17) is 4.74 Å².